The van der Waals surface area contributed by atoms with Gasteiger partial charge in [0.05, 0.1) is 6.61 Å². The zero-order valence-corrected chi connectivity index (χ0v) is 11.7. The van der Waals surface area contributed by atoms with Gasteiger partial charge in [0.25, 0.3) is 0 Å². The largest absolute Gasteiger partial charge is 0.493 e. The normalized spacial score (nSPS) is 10.5. The van der Waals surface area contributed by atoms with Gasteiger partial charge in [0, 0.05) is 17.3 Å². The Morgan fingerprint density at radius 2 is 2.12 bits per heavy atom. The van der Waals surface area contributed by atoms with Gasteiger partial charge in [-0.05, 0) is 24.3 Å². The Morgan fingerprint density at radius 3 is 2.76 bits per heavy atom. The Morgan fingerprint density at radius 1 is 1.35 bits per heavy atom. The zero-order chi connectivity index (χ0) is 12.1. The molecule has 0 atom stereocenters. The lowest BCUT2D eigenvalue weighted by molar-refractivity contribution is 0.343. The third-order valence-corrected chi connectivity index (χ3v) is 3.59. The van der Waals surface area contributed by atoms with Gasteiger partial charge in [-0.2, -0.15) is 5.10 Å². The van der Waals surface area contributed by atoms with Crippen molar-refractivity contribution in [3.63, 3.8) is 0 Å². The van der Waals surface area contributed by atoms with Gasteiger partial charge in [-0.25, -0.2) is 9.67 Å². The first-order chi connectivity index (χ1) is 8.25. The molecule has 0 aliphatic heterocycles. The molecule has 1 heterocycles. The van der Waals surface area contributed by atoms with E-state index in [0.717, 1.165) is 21.1 Å². The van der Waals surface area contributed by atoms with Crippen LogP contribution in [0.4, 0.5) is 0 Å². The quantitative estimate of drug-likeness (QED) is 0.628. The second-order valence-electron chi connectivity index (χ2n) is 3.32. The van der Waals surface area contributed by atoms with Crippen molar-refractivity contribution in [2.45, 2.75) is 5.16 Å². The molecule has 17 heavy (non-hydrogen) atoms. The van der Waals surface area contributed by atoms with Crippen LogP contribution in [0.5, 0.6) is 5.75 Å². The molecule has 0 N–H and O–H groups in total. The van der Waals surface area contributed by atoms with Gasteiger partial charge in [-0.1, -0.05) is 27.7 Å². The summed E-state index contributed by atoms with van der Waals surface area (Å²) in [5.74, 6) is 1.73. The Balaban J connectivity index is 1.73. The fourth-order valence-electron chi connectivity index (χ4n) is 1.24. The van der Waals surface area contributed by atoms with Crippen LogP contribution in [0.25, 0.3) is 0 Å². The van der Waals surface area contributed by atoms with E-state index in [4.69, 9.17) is 4.74 Å². The molecule has 0 amide bonds. The predicted octanol–water partition coefficient (Wildman–Crippen LogP) is 2.75. The number of hydrogen-bond acceptors (Lipinski definition) is 4. The van der Waals surface area contributed by atoms with Crippen LogP contribution < -0.4 is 4.74 Å². The molecule has 0 spiro atoms. The smallest absolute Gasteiger partial charge is 0.185 e. The SMILES string of the molecule is Cn1ncnc1SCCOc1ccc(Br)cc1. The summed E-state index contributed by atoms with van der Waals surface area (Å²) in [4.78, 5) is 4.12. The average Bonchev–Trinajstić information content (AvgIpc) is 2.73. The molecule has 2 rings (SSSR count). The molecule has 0 fully saturated rings. The van der Waals surface area contributed by atoms with Crippen molar-refractivity contribution in [3.8, 4) is 5.75 Å². The third kappa shape index (κ3) is 3.74. The molecule has 4 nitrogen and oxygen atoms in total. The lowest BCUT2D eigenvalue weighted by Crippen LogP contribution is -2.01. The van der Waals surface area contributed by atoms with Crippen molar-refractivity contribution in [2.75, 3.05) is 12.4 Å². The maximum Gasteiger partial charge on any atom is 0.185 e. The summed E-state index contributed by atoms with van der Waals surface area (Å²) in [6.45, 7) is 0.652. The predicted molar refractivity (Wildman–Crippen MR) is 71.4 cm³/mol. The van der Waals surface area contributed by atoms with Gasteiger partial charge >= 0.3 is 0 Å². The molecule has 1 aromatic carbocycles. The van der Waals surface area contributed by atoms with Crippen molar-refractivity contribution in [1.29, 1.82) is 0 Å². The molecule has 90 valence electrons. The zero-order valence-electron chi connectivity index (χ0n) is 9.34. The minimum absolute atomic E-state index is 0.652. The monoisotopic (exact) mass is 313 g/mol. The van der Waals surface area contributed by atoms with Gasteiger partial charge in [-0.3, -0.25) is 0 Å². The second-order valence-corrected chi connectivity index (χ2v) is 5.29. The molecular formula is C11H12BrN3OS. The van der Waals surface area contributed by atoms with Crippen LogP contribution in [0, 0.1) is 0 Å². The minimum atomic E-state index is 0.652. The maximum absolute atomic E-state index is 5.60. The third-order valence-electron chi connectivity index (χ3n) is 2.07. The van der Waals surface area contributed by atoms with Crippen LogP contribution in [0.15, 0.2) is 40.2 Å². The molecule has 0 saturated carbocycles. The highest BCUT2D eigenvalue weighted by molar-refractivity contribution is 9.10. The molecule has 1 aromatic heterocycles. The summed E-state index contributed by atoms with van der Waals surface area (Å²) in [6.07, 6.45) is 1.55. The lowest BCUT2D eigenvalue weighted by Gasteiger charge is -2.05. The van der Waals surface area contributed by atoms with Crippen molar-refractivity contribution in [2.24, 2.45) is 7.05 Å². The van der Waals surface area contributed by atoms with Gasteiger partial charge in [-0.15, -0.1) is 0 Å². The van der Waals surface area contributed by atoms with Crippen LogP contribution >= 0.6 is 27.7 Å². The summed E-state index contributed by atoms with van der Waals surface area (Å²) in [7, 11) is 1.88. The highest BCUT2D eigenvalue weighted by Gasteiger charge is 2.01. The van der Waals surface area contributed by atoms with Crippen LogP contribution in [-0.4, -0.2) is 27.1 Å². The van der Waals surface area contributed by atoms with E-state index in [1.807, 2.05) is 31.3 Å². The number of ether oxygens (including phenoxy) is 1. The topological polar surface area (TPSA) is 39.9 Å². The van der Waals surface area contributed by atoms with Crippen LogP contribution in [0.1, 0.15) is 0 Å². The van der Waals surface area contributed by atoms with E-state index in [9.17, 15) is 0 Å². The Kier molecular flexibility index (Phi) is 4.44. The highest BCUT2D eigenvalue weighted by atomic mass is 79.9. The molecule has 0 unspecified atom stereocenters. The van der Waals surface area contributed by atoms with Crippen molar-refractivity contribution < 1.29 is 4.74 Å². The Hall–Kier alpha value is -1.01. The van der Waals surface area contributed by atoms with Gasteiger partial charge in [0.15, 0.2) is 5.16 Å². The van der Waals surface area contributed by atoms with Crippen molar-refractivity contribution in [3.05, 3.63) is 35.1 Å². The number of halogens is 1. The number of thioether (sulfide) groups is 1. The lowest BCUT2D eigenvalue weighted by atomic mass is 10.3. The fraction of sp³-hybridized carbons (Fsp3) is 0.273. The number of nitrogens with zero attached hydrogens (tertiary/aromatic N) is 3. The Labute approximate surface area is 113 Å². The van der Waals surface area contributed by atoms with Crippen molar-refractivity contribution in [1.82, 2.24) is 14.8 Å². The molecule has 0 radical (unpaired) electrons. The first-order valence-corrected chi connectivity index (χ1v) is 6.89. The number of rotatable bonds is 5. The first-order valence-electron chi connectivity index (χ1n) is 5.11. The number of aryl methyl sites for hydroxylation is 1. The van der Waals surface area contributed by atoms with Crippen LogP contribution in [0.3, 0.4) is 0 Å². The molecule has 0 aliphatic rings. The summed E-state index contributed by atoms with van der Waals surface area (Å²) < 4.78 is 8.41. The van der Waals surface area contributed by atoms with E-state index >= 15 is 0 Å². The first kappa shape index (κ1) is 12.4. The molecule has 2 aromatic rings. The summed E-state index contributed by atoms with van der Waals surface area (Å²) in [6, 6.07) is 7.81. The molecular weight excluding hydrogens is 302 g/mol. The van der Waals surface area contributed by atoms with Crippen molar-refractivity contribution >= 4 is 27.7 Å². The minimum Gasteiger partial charge on any atom is -0.493 e. The number of benzene rings is 1. The summed E-state index contributed by atoms with van der Waals surface area (Å²) in [5.41, 5.74) is 0. The number of hydrogen-bond donors (Lipinski definition) is 0. The number of aromatic nitrogens is 3. The van der Waals surface area contributed by atoms with E-state index < -0.39 is 0 Å². The summed E-state index contributed by atoms with van der Waals surface area (Å²) >= 11 is 5.01. The molecule has 0 aliphatic carbocycles. The fourth-order valence-corrected chi connectivity index (χ4v) is 2.21. The van der Waals surface area contributed by atoms with E-state index in [-0.39, 0.29) is 0 Å². The van der Waals surface area contributed by atoms with Crippen LogP contribution in [-0.2, 0) is 7.05 Å². The second kappa shape index (κ2) is 6.07. The van der Waals surface area contributed by atoms with E-state index in [0.29, 0.717) is 6.61 Å². The van der Waals surface area contributed by atoms with E-state index in [1.165, 1.54) is 0 Å². The van der Waals surface area contributed by atoms with Gasteiger partial charge < -0.3 is 4.74 Å². The van der Waals surface area contributed by atoms with Gasteiger partial charge in [0.2, 0.25) is 0 Å². The molecule has 0 bridgehead atoms. The average molecular weight is 314 g/mol. The maximum atomic E-state index is 5.60. The molecule has 0 saturated heterocycles. The summed E-state index contributed by atoms with van der Waals surface area (Å²) in [5, 5.41) is 4.91. The Bertz CT molecular complexity index is 472. The molecule has 6 heteroatoms. The van der Waals surface area contributed by atoms with Crippen LogP contribution in [0.2, 0.25) is 0 Å². The van der Waals surface area contributed by atoms with E-state index in [2.05, 4.69) is 26.0 Å². The van der Waals surface area contributed by atoms with E-state index in [1.54, 1.807) is 22.8 Å². The highest BCUT2D eigenvalue weighted by Crippen LogP contribution is 2.17. The standard InChI is InChI=1S/C11H12BrN3OS/c1-15-11(13-8-14-15)17-7-6-16-10-4-2-9(12)3-5-10/h2-5,8H,6-7H2,1H3. The van der Waals surface area contributed by atoms with Gasteiger partial charge in [0.1, 0.15) is 12.1 Å².